The summed E-state index contributed by atoms with van der Waals surface area (Å²) >= 11 is 0. The van der Waals surface area contributed by atoms with E-state index in [2.05, 4.69) is 38.4 Å². The normalized spacial score (nSPS) is 11.9. The van der Waals surface area contributed by atoms with Crippen LogP contribution in [0.3, 0.4) is 0 Å². The molecule has 0 saturated heterocycles. The molecule has 7 nitrogen and oxygen atoms in total. The second-order valence-electron chi connectivity index (χ2n) is 6.88. The Morgan fingerprint density at radius 2 is 1.29 bits per heavy atom. The lowest BCUT2D eigenvalue weighted by molar-refractivity contribution is 0.673. The van der Waals surface area contributed by atoms with Crippen molar-refractivity contribution in [1.29, 1.82) is 0 Å². The van der Waals surface area contributed by atoms with Gasteiger partial charge in [-0.25, -0.2) is 19.0 Å². The SMILES string of the molecule is C.CS(=O)c1ncc2cc3ccccc3n2n1.Cc1ncc2cc3ccccc3n2n1. The summed E-state index contributed by atoms with van der Waals surface area (Å²) in [4.78, 5) is 8.24. The predicted molar refractivity (Wildman–Crippen MR) is 125 cm³/mol. The Bertz CT molecular complexity index is 1550. The van der Waals surface area contributed by atoms with E-state index in [1.165, 1.54) is 5.39 Å². The van der Waals surface area contributed by atoms with Crippen molar-refractivity contribution in [3.63, 3.8) is 0 Å². The van der Waals surface area contributed by atoms with E-state index in [0.29, 0.717) is 5.16 Å². The average Bonchev–Trinajstić information content (AvgIpc) is 3.31. The number of para-hydroxylation sites is 2. The molecule has 0 aliphatic heterocycles. The van der Waals surface area contributed by atoms with Crippen LogP contribution in [0.5, 0.6) is 0 Å². The molecule has 0 amide bonds. The fraction of sp³-hybridized carbons (Fsp3) is 0.130. The Morgan fingerprint density at radius 1 is 0.774 bits per heavy atom. The van der Waals surface area contributed by atoms with Gasteiger partial charge in [0, 0.05) is 17.0 Å². The van der Waals surface area contributed by atoms with E-state index in [0.717, 1.165) is 33.3 Å². The van der Waals surface area contributed by atoms with Crippen molar-refractivity contribution in [2.24, 2.45) is 0 Å². The van der Waals surface area contributed by atoms with Gasteiger partial charge in [0.05, 0.1) is 45.3 Å². The van der Waals surface area contributed by atoms with Gasteiger partial charge in [-0.3, -0.25) is 4.21 Å². The summed E-state index contributed by atoms with van der Waals surface area (Å²) in [5, 5.41) is 11.3. The first-order chi connectivity index (χ1) is 14.6. The van der Waals surface area contributed by atoms with Crippen molar-refractivity contribution in [3.8, 4) is 0 Å². The van der Waals surface area contributed by atoms with Crippen LogP contribution in [0.15, 0.2) is 78.2 Å². The van der Waals surface area contributed by atoms with Gasteiger partial charge in [0.25, 0.3) is 0 Å². The monoisotopic (exact) mass is 430 g/mol. The molecule has 0 fully saturated rings. The van der Waals surface area contributed by atoms with Crippen LogP contribution < -0.4 is 0 Å². The van der Waals surface area contributed by atoms with Crippen LogP contribution >= 0.6 is 0 Å². The Hall–Kier alpha value is -3.65. The van der Waals surface area contributed by atoms with Gasteiger partial charge >= 0.3 is 0 Å². The van der Waals surface area contributed by atoms with Crippen molar-refractivity contribution in [3.05, 3.63) is 78.9 Å². The van der Waals surface area contributed by atoms with Gasteiger partial charge in [-0.2, -0.15) is 5.10 Å². The van der Waals surface area contributed by atoms with E-state index in [4.69, 9.17) is 0 Å². The first kappa shape index (κ1) is 20.6. The summed E-state index contributed by atoms with van der Waals surface area (Å²) in [5.74, 6) is 0.791. The number of hydrogen-bond donors (Lipinski definition) is 0. The maximum atomic E-state index is 11.3. The van der Waals surface area contributed by atoms with Crippen molar-refractivity contribution in [2.45, 2.75) is 19.5 Å². The molecule has 0 aliphatic rings. The van der Waals surface area contributed by atoms with E-state index >= 15 is 0 Å². The second kappa shape index (κ2) is 8.23. The van der Waals surface area contributed by atoms with Crippen molar-refractivity contribution in [1.82, 2.24) is 29.2 Å². The van der Waals surface area contributed by atoms with E-state index in [9.17, 15) is 4.21 Å². The number of rotatable bonds is 1. The quantitative estimate of drug-likeness (QED) is 0.385. The summed E-state index contributed by atoms with van der Waals surface area (Å²) in [6, 6.07) is 20.2. The van der Waals surface area contributed by atoms with Gasteiger partial charge in [-0.15, -0.1) is 5.10 Å². The third kappa shape index (κ3) is 3.77. The molecule has 31 heavy (non-hydrogen) atoms. The molecule has 4 aromatic heterocycles. The number of aromatic nitrogens is 6. The molecule has 0 spiro atoms. The Kier molecular flexibility index (Phi) is 5.48. The molecule has 2 aromatic carbocycles. The fourth-order valence-electron chi connectivity index (χ4n) is 3.43. The van der Waals surface area contributed by atoms with Gasteiger partial charge in [-0.1, -0.05) is 43.8 Å². The van der Waals surface area contributed by atoms with Gasteiger partial charge < -0.3 is 0 Å². The third-order valence-corrected chi connectivity index (χ3v) is 5.51. The molecule has 8 heteroatoms. The van der Waals surface area contributed by atoms with Crippen molar-refractivity contribution < 1.29 is 4.21 Å². The number of hydrogen-bond acceptors (Lipinski definition) is 5. The lowest BCUT2D eigenvalue weighted by Crippen LogP contribution is -2.01. The largest absolute Gasteiger partial charge is 0.251 e. The summed E-state index contributed by atoms with van der Waals surface area (Å²) in [5.41, 5.74) is 4.09. The molecule has 4 heterocycles. The molecule has 0 bridgehead atoms. The van der Waals surface area contributed by atoms with E-state index in [1.807, 2.05) is 60.1 Å². The van der Waals surface area contributed by atoms with Crippen LogP contribution in [0.25, 0.3) is 32.8 Å². The topological polar surface area (TPSA) is 77.5 Å². The minimum absolute atomic E-state index is 0. The zero-order valence-electron chi connectivity index (χ0n) is 16.4. The van der Waals surface area contributed by atoms with Crippen LogP contribution in [0, 0.1) is 6.92 Å². The summed E-state index contributed by atoms with van der Waals surface area (Å²) in [7, 11) is -1.16. The maximum absolute atomic E-state index is 11.3. The molecular weight excluding hydrogens is 408 g/mol. The first-order valence-corrected chi connectivity index (χ1v) is 10.9. The summed E-state index contributed by atoms with van der Waals surface area (Å²) in [6.07, 6.45) is 5.12. The lowest BCUT2D eigenvalue weighted by Gasteiger charge is -1.97. The van der Waals surface area contributed by atoms with Crippen LogP contribution in [0.1, 0.15) is 13.3 Å². The minimum atomic E-state index is -1.16. The molecule has 0 N–H and O–H groups in total. The number of nitrogens with zero attached hydrogens (tertiary/aromatic N) is 6. The molecule has 6 aromatic rings. The fourth-order valence-corrected chi connectivity index (χ4v) is 3.82. The van der Waals surface area contributed by atoms with Crippen LogP contribution in [-0.2, 0) is 10.8 Å². The van der Waals surface area contributed by atoms with Crippen LogP contribution in [0.4, 0.5) is 0 Å². The lowest BCUT2D eigenvalue weighted by atomic mass is 10.2. The van der Waals surface area contributed by atoms with Crippen LogP contribution in [-0.4, -0.2) is 39.7 Å². The second-order valence-corrected chi connectivity index (χ2v) is 8.15. The van der Waals surface area contributed by atoms with Crippen molar-refractivity contribution in [2.75, 3.05) is 6.26 Å². The highest BCUT2D eigenvalue weighted by atomic mass is 32.2. The maximum Gasteiger partial charge on any atom is 0.237 e. The molecule has 6 rings (SSSR count). The van der Waals surface area contributed by atoms with E-state index in [1.54, 1.807) is 17.0 Å². The van der Waals surface area contributed by atoms with Gasteiger partial charge in [-0.05, 0) is 31.2 Å². The first-order valence-electron chi connectivity index (χ1n) is 9.37. The smallest absolute Gasteiger partial charge is 0.237 e. The van der Waals surface area contributed by atoms with E-state index in [-0.39, 0.29) is 7.43 Å². The number of benzene rings is 2. The molecule has 156 valence electrons. The zero-order chi connectivity index (χ0) is 20.7. The Morgan fingerprint density at radius 3 is 1.87 bits per heavy atom. The molecule has 0 radical (unpaired) electrons. The standard InChI is InChI=1S/C11H9N3OS.C11H9N3.CH4/c1-16(15)11-12-7-9-6-8-4-2-3-5-10(8)14(9)13-11;1-8-12-7-10-6-9-4-2-3-5-11(9)14(10)13-8;/h2-7H,1H3;2-7H,1H3;1H4. The van der Waals surface area contributed by atoms with Gasteiger partial charge in [0.15, 0.2) is 0 Å². The molecule has 0 saturated carbocycles. The average molecular weight is 431 g/mol. The highest BCUT2D eigenvalue weighted by Gasteiger charge is 2.07. The van der Waals surface area contributed by atoms with Gasteiger partial charge in [0.1, 0.15) is 5.82 Å². The molecular formula is C23H22N6OS. The Balaban J connectivity index is 0.000000146. The summed E-state index contributed by atoms with van der Waals surface area (Å²) in [6.45, 7) is 1.90. The Labute approximate surface area is 181 Å². The molecule has 0 aliphatic carbocycles. The van der Waals surface area contributed by atoms with Crippen molar-refractivity contribution >= 4 is 43.6 Å². The zero-order valence-corrected chi connectivity index (χ0v) is 17.2. The van der Waals surface area contributed by atoms with E-state index < -0.39 is 10.8 Å². The van der Waals surface area contributed by atoms with Crippen LogP contribution in [0.2, 0.25) is 0 Å². The summed E-state index contributed by atoms with van der Waals surface area (Å²) < 4.78 is 15.0. The molecule has 1 unspecified atom stereocenters. The minimum Gasteiger partial charge on any atom is -0.251 e. The highest BCUT2D eigenvalue weighted by molar-refractivity contribution is 7.84. The van der Waals surface area contributed by atoms with Gasteiger partial charge in [0.2, 0.25) is 5.16 Å². The number of fused-ring (bicyclic) bond motifs is 6. The third-order valence-electron chi connectivity index (χ3n) is 4.80. The predicted octanol–water partition coefficient (Wildman–Crippen LogP) is 4.45. The highest BCUT2D eigenvalue weighted by Crippen LogP contribution is 2.19. The number of aryl methyl sites for hydroxylation is 1. The molecule has 1 atom stereocenters.